The van der Waals surface area contributed by atoms with Crippen molar-refractivity contribution in [1.29, 1.82) is 0 Å². The molecule has 0 amide bonds. The first kappa shape index (κ1) is 17.0. The van der Waals surface area contributed by atoms with Crippen LogP contribution in [0.3, 0.4) is 0 Å². The monoisotopic (exact) mass is 297 g/mol. The molecule has 0 saturated heterocycles. The molecule has 0 aliphatic heterocycles. The number of rotatable bonds is 4. The molecule has 2 atom stereocenters. The van der Waals surface area contributed by atoms with Gasteiger partial charge in [0.25, 0.3) is 0 Å². The first-order valence-electron chi connectivity index (χ1n) is 7.19. The van der Waals surface area contributed by atoms with Crippen LogP contribution in [0.2, 0.25) is 0 Å². The third-order valence-electron chi connectivity index (χ3n) is 3.88. The molecule has 2 unspecified atom stereocenters. The van der Waals surface area contributed by atoms with Gasteiger partial charge < -0.3 is 10.5 Å². The summed E-state index contributed by atoms with van der Waals surface area (Å²) in [5.74, 6) is -0.270. The van der Waals surface area contributed by atoms with Crippen molar-refractivity contribution in [3.63, 3.8) is 0 Å². The first-order chi connectivity index (χ1) is 9.15. The van der Waals surface area contributed by atoms with Crippen molar-refractivity contribution in [1.82, 2.24) is 0 Å². The lowest BCUT2D eigenvalue weighted by Gasteiger charge is -2.23. The molecule has 0 radical (unpaired) electrons. The van der Waals surface area contributed by atoms with Crippen LogP contribution in [0.4, 0.5) is 0 Å². The molecule has 20 heavy (non-hydrogen) atoms. The molecule has 1 aromatic carbocycles. The highest BCUT2D eigenvalue weighted by Crippen LogP contribution is 2.27. The van der Waals surface area contributed by atoms with Gasteiger partial charge in [0.2, 0.25) is 0 Å². The minimum absolute atomic E-state index is 0. The maximum Gasteiger partial charge on any atom is 0.313 e. The van der Waals surface area contributed by atoms with E-state index in [2.05, 4.69) is 18.2 Å². The smallest absolute Gasteiger partial charge is 0.313 e. The maximum absolute atomic E-state index is 12.0. The highest BCUT2D eigenvalue weighted by molar-refractivity contribution is 5.85. The SMILES string of the molecule is CCOC(=O)C(CC)c1ccc2c(c1)CC(N)CC2.Cl. The van der Waals surface area contributed by atoms with E-state index in [-0.39, 0.29) is 30.3 Å². The molecular formula is C16H24ClNO2. The van der Waals surface area contributed by atoms with Crippen molar-refractivity contribution >= 4 is 18.4 Å². The van der Waals surface area contributed by atoms with E-state index in [4.69, 9.17) is 10.5 Å². The van der Waals surface area contributed by atoms with Gasteiger partial charge in [-0.05, 0) is 49.3 Å². The van der Waals surface area contributed by atoms with Crippen molar-refractivity contribution < 1.29 is 9.53 Å². The molecule has 0 aromatic heterocycles. The highest BCUT2D eigenvalue weighted by atomic mass is 35.5. The van der Waals surface area contributed by atoms with Crippen LogP contribution in [0.15, 0.2) is 18.2 Å². The van der Waals surface area contributed by atoms with Gasteiger partial charge in [-0.1, -0.05) is 25.1 Å². The fraction of sp³-hybridized carbons (Fsp3) is 0.562. The summed E-state index contributed by atoms with van der Waals surface area (Å²) in [4.78, 5) is 12.0. The van der Waals surface area contributed by atoms with Crippen LogP contribution in [0.1, 0.15) is 49.3 Å². The quantitative estimate of drug-likeness (QED) is 0.869. The van der Waals surface area contributed by atoms with E-state index in [1.54, 1.807) is 0 Å². The van der Waals surface area contributed by atoms with Gasteiger partial charge in [0.05, 0.1) is 12.5 Å². The molecule has 1 aliphatic rings. The lowest BCUT2D eigenvalue weighted by molar-refractivity contribution is -0.145. The van der Waals surface area contributed by atoms with E-state index < -0.39 is 0 Å². The Morgan fingerprint density at radius 2 is 2.15 bits per heavy atom. The molecule has 1 aliphatic carbocycles. The number of fused-ring (bicyclic) bond motifs is 1. The van der Waals surface area contributed by atoms with Gasteiger partial charge in [-0.15, -0.1) is 12.4 Å². The molecule has 0 bridgehead atoms. The third-order valence-corrected chi connectivity index (χ3v) is 3.88. The van der Waals surface area contributed by atoms with Crippen LogP contribution in [-0.4, -0.2) is 18.6 Å². The minimum Gasteiger partial charge on any atom is -0.466 e. The molecule has 3 nitrogen and oxygen atoms in total. The second-order valence-electron chi connectivity index (χ2n) is 5.24. The minimum atomic E-state index is -0.150. The van der Waals surface area contributed by atoms with E-state index in [9.17, 15) is 4.79 Å². The second kappa shape index (κ2) is 7.65. The lowest BCUT2D eigenvalue weighted by Crippen LogP contribution is -2.28. The summed E-state index contributed by atoms with van der Waals surface area (Å²) in [6.45, 7) is 4.30. The van der Waals surface area contributed by atoms with Crippen molar-refractivity contribution in [2.45, 2.75) is 51.5 Å². The molecule has 4 heteroatoms. The number of esters is 1. The summed E-state index contributed by atoms with van der Waals surface area (Å²) in [6.07, 6.45) is 3.79. The van der Waals surface area contributed by atoms with Crippen molar-refractivity contribution in [2.24, 2.45) is 5.73 Å². The van der Waals surface area contributed by atoms with Gasteiger partial charge in [-0.3, -0.25) is 4.79 Å². The van der Waals surface area contributed by atoms with Gasteiger partial charge in [-0.2, -0.15) is 0 Å². The molecule has 2 N–H and O–H groups in total. The normalized spacial score (nSPS) is 18.6. The van der Waals surface area contributed by atoms with Gasteiger partial charge >= 0.3 is 5.97 Å². The third kappa shape index (κ3) is 3.74. The van der Waals surface area contributed by atoms with Crippen LogP contribution >= 0.6 is 12.4 Å². The topological polar surface area (TPSA) is 52.3 Å². The van der Waals surface area contributed by atoms with E-state index in [1.807, 2.05) is 13.8 Å². The Morgan fingerprint density at radius 3 is 2.80 bits per heavy atom. The Hall–Kier alpha value is -1.06. The summed E-state index contributed by atoms with van der Waals surface area (Å²) >= 11 is 0. The van der Waals surface area contributed by atoms with Gasteiger partial charge in [0.1, 0.15) is 0 Å². The molecule has 112 valence electrons. The second-order valence-corrected chi connectivity index (χ2v) is 5.24. The largest absolute Gasteiger partial charge is 0.466 e. The van der Waals surface area contributed by atoms with Crippen molar-refractivity contribution in [3.05, 3.63) is 34.9 Å². The van der Waals surface area contributed by atoms with Crippen LogP contribution < -0.4 is 5.73 Å². The van der Waals surface area contributed by atoms with E-state index in [0.717, 1.165) is 31.2 Å². The molecule has 0 saturated carbocycles. The van der Waals surface area contributed by atoms with Crippen LogP contribution in [0, 0.1) is 0 Å². The number of hydrogen-bond acceptors (Lipinski definition) is 3. The standard InChI is InChI=1S/C16H23NO2.ClH/c1-3-15(16(18)19-4-2)12-6-5-11-7-8-14(17)10-13(11)9-12;/h5-6,9,14-15H,3-4,7-8,10,17H2,1-2H3;1H. The molecule has 0 fully saturated rings. The van der Waals surface area contributed by atoms with Crippen LogP contribution in [-0.2, 0) is 22.4 Å². The van der Waals surface area contributed by atoms with E-state index in [1.165, 1.54) is 11.1 Å². The van der Waals surface area contributed by atoms with Gasteiger partial charge in [0.15, 0.2) is 0 Å². The van der Waals surface area contributed by atoms with E-state index in [0.29, 0.717) is 6.61 Å². The fourth-order valence-corrected chi connectivity index (χ4v) is 2.80. The number of carbonyl (C=O) groups is 1. The van der Waals surface area contributed by atoms with Crippen molar-refractivity contribution in [3.8, 4) is 0 Å². The summed E-state index contributed by atoms with van der Waals surface area (Å²) in [6, 6.07) is 6.63. The number of ether oxygens (including phenoxy) is 1. The molecule has 0 spiro atoms. The number of nitrogens with two attached hydrogens (primary N) is 1. The number of hydrogen-bond donors (Lipinski definition) is 1. The average Bonchev–Trinajstić information content (AvgIpc) is 2.39. The van der Waals surface area contributed by atoms with Gasteiger partial charge in [0, 0.05) is 6.04 Å². The van der Waals surface area contributed by atoms with Crippen LogP contribution in [0.5, 0.6) is 0 Å². The Balaban J connectivity index is 0.00000200. The highest BCUT2D eigenvalue weighted by Gasteiger charge is 2.22. The van der Waals surface area contributed by atoms with Gasteiger partial charge in [-0.25, -0.2) is 0 Å². The van der Waals surface area contributed by atoms with E-state index >= 15 is 0 Å². The lowest BCUT2D eigenvalue weighted by atomic mass is 9.85. The average molecular weight is 298 g/mol. The summed E-state index contributed by atoms with van der Waals surface area (Å²) in [7, 11) is 0. The fourth-order valence-electron chi connectivity index (χ4n) is 2.80. The zero-order valence-corrected chi connectivity index (χ0v) is 13.0. The Kier molecular flexibility index (Phi) is 6.50. The molecule has 0 heterocycles. The zero-order chi connectivity index (χ0) is 13.8. The number of benzene rings is 1. The van der Waals surface area contributed by atoms with Crippen LogP contribution in [0.25, 0.3) is 0 Å². The maximum atomic E-state index is 12.0. The molecular weight excluding hydrogens is 274 g/mol. The number of carbonyl (C=O) groups excluding carboxylic acids is 1. The van der Waals surface area contributed by atoms with Crippen molar-refractivity contribution in [2.75, 3.05) is 6.61 Å². The zero-order valence-electron chi connectivity index (χ0n) is 12.2. The Labute approximate surface area is 127 Å². The predicted molar refractivity (Wildman–Crippen MR) is 83.4 cm³/mol. The molecule has 2 rings (SSSR count). The summed E-state index contributed by atoms with van der Waals surface area (Å²) < 4.78 is 5.15. The first-order valence-corrected chi connectivity index (χ1v) is 7.19. The Morgan fingerprint density at radius 1 is 1.40 bits per heavy atom. The number of aryl methyl sites for hydroxylation is 1. The molecule has 1 aromatic rings. The number of halogens is 1. The summed E-state index contributed by atoms with van der Waals surface area (Å²) in [5, 5.41) is 0. The summed E-state index contributed by atoms with van der Waals surface area (Å²) in [5.41, 5.74) is 9.77. The predicted octanol–water partition coefficient (Wildman–Crippen LogP) is 2.98. The Bertz CT molecular complexity index is 462.